The Hall–Kier alpha value is -1.31. The third-order valence-corrected chi connectivity index (χ3v) is 6.31. The average Bonchev–Trinajstić information content (AvgIpc) is 2.51. The minimum Gasteiger partial charge on any atom is -0.486 e. The largest absolute Gasteiger partial charge is 0.486 e. The van der Waals surface area contributed by atoms with Gasteiger partial charge in [0.2, 0.25) is 10.0 Å². The van der Waals surface area contributed by atoms with Crippen molar-refractivity contribution in [3.63, 3.8) is 0 Å². The number of benzene rings is 1. The number of fused-ring (bicyclic) bond motifs is 1. The van der Waals surface area contributed by atoms with Gasteiger partial charge in [-0.15, -0.1) is 0 Å². The SMILES string of the molecule is CC1CN(S(=O)(=O)c2ccc3c(c2)OCCO3)CC(C)N1C. The summed E-state index contributed by atoms with van der Waals surface area (Å²) in [5.74, 6) is 1.10. The zero-order chi connectivity index (χ0) is 15.9. The molecule has 122 valence electrons. The summed E-state index contributed by atoms with van der Waals surface area (Å²) in [7, 11) is -1.48. The van der Waals surface area contributed by atoms with Crippen LogP contribution in [0.4, 0.5) is 0 Å². The average molecular weight is 326 g/mol. The summed E-state index contributed by atoms with van der Waals surface area (Å²) >= 11 is 0. The predicted octanol–water partition coefficient (Wildman–Crippen LogP) is 1.17. The Morgan fingerprint density at radius 1 is 1.05 bits per heavy atom. The number of piperazine rings is 1. The van der Waals surface area contributed by atoms with Crippen molar-refractivity contribution in [3.8, 4) is 11.5 Å². The highest BCUT2D eigenvalue weighted by Gasteiger charge is 2.34. The molecule has 0 aromatic heterocycles. The number of nitrogens with zero attached hydrogens (tertiary/aromatic N) is 2. The molecule has 22 heavy (non-hydrogen) atoms. The van der Waals surface area contributed by atoms with E-state index in [0.717, 1.165) is 0 Å². The van der Waals surface area contributed by atoms with Crippen molar-refractivity contribution >= 4 is 10.0 Å². The molecule has 0 bridgehead atoms. The molecule has 0 amide bonds. The lowest BCUT2D eigenvalue weighted by Crippen LogP contribution is -2.56. The van der Waals surface area contributed by atoms with Crippen molar-refractivity contribution in [2.75, 3.05) is 33.4 Å². The van der Waals surface area contributed by atoms with E-state index in [1.807, 2.05) is 20.9 Å². The Morgan fingerprint density at radius 2 is 1.64 bits per heavy atom. The third-order valence-electron chi connectivity index (χ3n) is 4.48. The molecule has 2 aliphatic rings. The molecule has 1 saturated heterocycles. The Kier molecular flexibility index (Phi) is 4.05. The lowest BCUT2D eigenvalue weighted by Gasteiger charge is -2.41. The van der Waals surface area contributed by atoms with Gasteiger partial charge in [-0.05, 0) is 33.0 Å². The predicted molar refractivity (Wildman–Crippen MR) is 82.9 cm³/mol. The highest BCUT2D eigenvalue weighted by atomic mass is 32.2. The summed E-state index contributed by atoms with van der Waals surface area (Å²) in [6.07, 6.45) is 0. The number of hydrogen-bond acceptors (Lipinski definition) is 5. The van der Waals surface area contributed by atoms with Crippen LogP contribution in [0.25, 0.3) is 0 Å². The van der Waals surface area contributed by atoms with Gasteiger partial charge in [-0.3, -0.25) is 4.90 Å². The first-order valence-corrected chi connectivity index (χ1v) is 8.95. The topological polar surface area (TPSA) is 59.1 Å². The smallest absolute Gasteiger partial charge is 0.243 e. The van der Waals surface area contributed by atoms with Crippen LogP contribution in [0.1, 0.15) is 13.8 Å². The molecule has 3 rings (SSSR count). The van der Waals surface area contributed by atoms with Crippen LogP contribution in [0, 0.1) is 0 Å². The number of sulfonamides is 1. The van der Waals surface area contributed by atoms with Gasteiger partial charge < -0.3 is 9.47 Å². The van der Waals surface area contributed by atoms with E-state index in [0.29, 0.717) is 37.8 Å². The number of likely N-dealkylation sites (N-methyl/N-ethyl adjacent to an activating group) is 1. The zero-order valence-corrected chi connectivity index (χ0v) is 14.0. The molecule has 0 N–H and O–H groups in total. The van der Waals surface area contributed by atoms with Gasteiger partial charge in [0.1, 0.15) is 13.2 Å². The molecule has 2 unspecified atom stereocenters. The molecule has 2 aliphatic heterocycles. The monoisotopic (exact) mass is 326 g/mol. The lowest BCUT2D eigenvalue weighted by atomic mass is 10.1. The van der Waals surface area contributed by atoms with Crippen LogP contribution in [0.2, 0.25) is 0 Å². The van der Waals surface area contributed by atoms with Crippen molar-refractivity contribution in [2.45, 2.75) is 30.8 Å². The second-order valence-corrected chi connectivity index (χ2v) is 7.93. The highest BCUT2D eigenvalue weighted by molar-refractivity contribution is 7.89. The van der Waals surface area contributed by atoms with E-state index in [1.165, 1.54) is 0 Å². The van der Waals surface area contributed by atoms with E-state index in [2.05, 4.69) is 4.90 Å². The van der Waals surface area contributed by atoms with E-state index in [4.69, 9.17) is 9.47 Å². The van der Waals surface area contributed by atoms with Crippen LogP contribution in [0.3, 0.4) is 0 Å². The summed E-state index contributed by atoms with van der Waals surface area (Å²) < 4.78 is 38.3. The normalized spacial score (nSPS) is 26.9. The van der Waals surface area contributed by atoms with Crippen molar-refractivity contribution in [1.82, 2.24) is 9.21 Å². The van der Waals surface area contributed by atoms with Crippen LogP contribution in [0.15, 0.2) is 23.1 Å². The van der Waals surface area contributed by atoms with E-state index in [1.54, 1.807) is 22.5 Å². The first-order chi connectivity index (χ1) is 10.4. The van der Waals surface area contributed by atoms with E-state index >= 15 is 0 Å². The minimum absolute atomic E-state index is 0.190. The summed E-state index contributed by atoms with van der Waals surface area (Å²) in [5.41, 5.74) is 0. The molecular weight excluding hydrogens is 304 g/mol. The third kappa shape index (κ3) is 2.68. The second-order valence-electron chi connectivity index (χ2n) is 5.99. The molecule has 7 heteroatoms. The van der Waals surface area contributed by atoms with E-state index < -0.39 is 10.0 Å². The molecule has 0 aliphatic carbocycles. The molecule has 0 saturated carbocycles. The molecule has 0 radical (unpaired) electrons. The van der Waals surface area contributed by atoms with Crippen molar-refractivity contribution in [1.29, 1.82) is 0 Å². The van der Waals surface area contributed by atoms with Gasteiger partial charge in [0.15, 0.2) is 11.5 Å². The number of rotatable bonds is 2. The summed E-state index contributed by atoms with van der Waals surface area (Å²) in [6, 6.07) is 5.21. The Bertz CT molecular complexity index is 650. The van der Waals surface area contributed by atoms with Gasteiger partial charge in [0.05, 0.1) is 4.90 Å². The van der Waals surface area contributed by atoms with Gasteiger partial charge in [-0.1, -0.05) is 0 Å². The van der Waals surface area contributed by atoms with Crippen molar-refractivity contribution in [2.24, 2.45) is 0 Å². The second kappa shape index (κ2) is 5.72. The van der Waals surface area contributed by atoms with Crippen molar-refractivity contribution in [3.05, 3.63) is 18.2 Å². The maximum Gasteiger partial charge on any atom is 0.243 e. The maximum absolute atomic E-state index is 12.9. The summed E-state index contributed by atoms with van der Waals surface area (Å²) in [6.45, 7) is 6.02. The Labute approximate surface area is 131 Å². The fraction of sp³-hybridized carbons (Fsp3) is 0.600. The number of hydrogen-bond donors (Lipinski definition) is 0. The molecule has 6 nitrogen and oxygen atoms in total. The fourth-order valence-corrected chi connectivity index (χ4v) is 4.50. The first-order valence-electron chi connectivity index (χ1n) is 7.51. The van der Waals surface area contributed by atoms with Crippen LogP contribution in [-0.2, 0) is 10.0 Å². The maximum atomic E-state index is 12.9. The van der Waals surface area contributed by atoms with Crippen LogP contribution >= 0.6 is 0 Å². The fourth-order valence-electron chi connectivity index (χ4n) is 2.89. The molecule has 1 fully saturated rings. The zero-order valence-electron chi connectivity index (χ0n) is 13.2. The van der Waals surface area contributed by atoms with Gasteiger partial charge >= 0.3 is 0 Å². The molecule has 1 aromatic carbocycles. The quantitative estimate of drug-likeness (QED) is 0.816. The molecule has 2 atom stereocenters. The van der Waals surface area contributed by atoms with Gasteiger partial charge in [-0.25, -0.2) is 8.42 Å². The van der Waals surface area contributed by atoms with Crippen LogP contribution in [0.5, 0.6) is 11.5 Å². The van der Waals surface area contributed by atoms with Gasteiger partial charge in [0.25, 0.3) is 0 Å². The highest BCUT2D eigenvalue weighted by Crippen LogP contribution is 2.33. The van der Waals surface area contributed by atoms with E-state index in [9.17, 15) is 8.42 Å². The summed E-state index contributed by atoms with van der Waals surface area (Å²) in [4.78, 5) is 2.47. The standard InChI is InChI=1S/C15H22N2O4S/c1-11-9-17(10-12(2)16(11)3)22(18,19)13-4-5-14-15(8-13)21-7-6-20-14/h4-5,8,11-12H,6-7,9-10H2,1-3H3. The molecular formula is C15H22N2O4S. The first kappa shape index (κ1) is 15.6. The van der Waals surface area contributed by atoms with Crippen LogP contribution in [-0.4, -0.2) is 63.1 Å². The minimum atomic E-state index is -3.51. The van der Waals surface area contributed by atoms with Gasteiger partial charge in [-0.2, -0.15) is 4.31 Å². The van der Waals surface area contributed by atoms with Gasteiger partial charge in [0, 0.05) is 31.2 Å². The van der Waals surface area contributed by atoms with Crippen molar-refractivity contribution < 1.29 is 17.9 Å². The molecule has 0 spiro atoms. The Morgan fingerprint density at radius 3 is 2.27 bits per heavy atom. The summed E-state index contributed by atoms with van der Waals surface area (Å²) in [5, 5.41) is 0. The van der Waals surface area contributed by atoms with E-state index in [-0.39, 0.29) is 17.0 Å². The molecule has 1 aromatic rings. The lowest BCUT2D eigenvalue weighted by molar-refractivity contribution is 0.105. The number of ether oxygens (including phenoxy) is 2. The Balaban J connectivity index is 1.90. The van der Waals surface area contributed by atoms with Crippen LogP contribution < -0.4 is 9.47 Å². The molecule has 2 heterocycles.